The molecule has 0 amide bonds. The molecule has 79 heavy (non-hydrogen) atoms. The zero-order valence-corrected chi connectivity index (χ0v) is 44.3. The Hall–Kier alpha value is -9.30. The average Bonchev–Trinajstić information content (AvgIpc) is 4.16. The fourth-order valence-corrected chi connectivity index (χ4v) is 14.7. The van der Waals surface area contributed by atoms with Crippen molar-refractivity contribution in [2.24, 2.45) is 0 Å². The zero-order valence-electron chi connectivity index (χ0n) is 44.3. The van der Waals surface area contributed by atoms with Crippen LogP contribution >= 0.6 is 0 Å². The van der Waals surface area contributed by atoms with Gasteiger partial charge in [0, 0.05) is 16.9 Å². The van der Waals surface area contributed by atoms with E-state index in [9.17, 15) is 0 Å². The summed E-state index contributed by atoms with van der Waals surface area (Å²) in [6.07, 6.45) is 6.40. The van der Waals surface area contributed by atoms with Crippen LogP contribution in [-0.4, -0.2) is 0 Å². The van der Waals surface area contributed by atoms with Gasteiger partial charge in [0.1, 0.15) is 0 Å². The second-order valence-corrected chi connectivity index (χ2v) is 22.0. The Labute approximate surface area is 464 Å². The van der Waals surface area contributed by atoms with E-state index in [1.54, 1.807) is 0 Å². The topological polar surface area (TPSA) is 3.24 Å². The van der Waals surface area contributed by atoms with E-state index in [1.165, 1.54) is 137 Å². The zero-order chi connectivity index (χ0) is 52.3. The predicted octanol–water partition coefficient (Wildman–Crippen LogP) is 20.4. The summed E-state index contributed by atoms with van der Waals surface area (Å²) in [6, 6.07) is 110. The highest BCUT2D eigenvalue weighted by atomic mass is 15.1. The van der Waals surface area contributed by atoms with Gasteiger partial charge in [0.25, 0.3) is 0 Å². The number of para-hydroxylation sites is 1. The quantitative estimate of drug-likeness (QED) is 0.132. The number of fused-ring (bicyclic) bond motifs is 7. The number of hydrogen-bond donors (Lipinski definition) is 0. The van der Waals surface area contributed by atoms with Gasteiger partial charge in [-0.25, -0.2) is 0 Å². The Morgan fingerprint density at radius 1 is 0.291 bits per heavy atom. The van der Waals surface area contributed by atoms with Crippen LogP contribution in [-0.2, 0) is 10.8 Å². The Morgan fingerprint density at radius 2 is 0.722 bits per heavy atom. The molecule has 1 heteroatoms. The Kier molecular flexibility index (Phi) is 11.5. The fourth-order valence-electron chi connectivity index (χ4n) is 14.7. The molecule has 0 spiro atoms. The van der Waals surface area contributed by atoms with Gasteiger partial charge in [0.15, 0.2) is 0 Å². The molecule has 12 aromatic carbocycles. The SMILES string of the molecule is c1ccc(C2(c3ccccc3)c3ccccc3-c3ccc(-c4ccc(N(c5ccc6c(c5)C(c5ccccc5)(c5ccccc5)c5ccccc5-6)c5ccccc5-c5cccc6cccc(C7CCCCC7)c56)cc4)cc32)cc1. The van der Waals surface area contributed by atoms with Crippen LogP contribution in [0.2, 0.25) is 0 Å². The van der Waals surface area contributed by atoms with Crippen LogP contribution < -0.4 is 4.90 Å². The third kappa shape index (κ3) is 7.37. The summed E-state index contributed by atoms with van der Waals surface area (Å²) in [6.45, 7) is 0. The molecule has 0 unspecified atom stereocenters. The van der Waals surface area contributed by atoms with Crippen LogP contribution in [0, 0.1) is 0 Å². The first-order valence-electron chi connectivity index (χ1n) is 28.4. The van der Waals surface area contributed by atoms with E-state index < -0.39 is 10.8 Å². The number of anilines is 3. The molecule has 0 aromatic heterocycles. The minimum absolute atomic E-state index is 0.481. The molecule has 0 heterocycles. The second kappa shape index (κ2) is 19.3. The molecule has 0 N–H and O–H groups in total. The van der Waals surface area contributed by atoms with E-state index in [2.05, 4.69) is 296 Å². The number of hydrogen-bond acceptors (Lipinski definition) is 1. The lowest BCUT2D eigenvalue weighted by Crippen LogP contribution is -2.28. The fraction of sp³-hybridized carbons (Fsp3) is 0.103. The van der Waals surface area contributed by atoms with Crippen molar-refractivity contribution in [2.75, 3.05) is 4.90 Å². The molecule has 1 saturated carbocycles. The van der Waals surface area contributed by atoms with E-state index in [4.69, 9.17) is 0 Å². The summed E-state index contributed by atoms with van der Waals surface area (Å²) < 4.78 is 0. The highest BCUT2D eigenvalue weighted by Crippen LogP contribution is 2.59. The average molecular weight is 1010 g/mol. The highest BCUT2D eigenvalue weighted by molar-refractivity contribution is 6.04. The van der Waals surface area contributed by atoms with Gasteiger partial charge in [-0.2, -0.15) is 0 Å². The maximum atomic E-state index is 2.54. The van der Waals surface area contributed by atoms with Gasteiger partial charge in [0.2, 0.25) is 0 Å². The van der Waals surface area contributed by atoms with E-state index >= 15 is 0 Å². The van der Waals surface area contributed by atoms with Crippen molar-refractivity contribution in [2.45, 2.75) is 48.9 Å². The third-order valence-electron chi connectivity index (χ3n) is 18.0. The molecule has 1 fully saturated rings. The lowest BCUT2D eigenvalue weighted by Gasteiger charge is -2.35. The summed E-state index contributed by atoms with van der Waals surface area (Å²) in [7, 11) is 0. The molecule has 376 valence electrons. The van der Waals surface area contributed by atoms with Crippen molar-refractivity contribution < 1.29 is 0 Å². The van der Waals surface area contributed by atoms with E-state index in [0.717, 1.165) is 17.1 Å². The smallest absolute Gasteiger partial charge is 0.0714 e. The van der Waals surface area contributed by atoms with Gasteiger partial charge >= 0.3 is 0 Å². The van der Waals surface area contributed by atoms with Gasteiger partial charge in [-0.15, -0.1) is 0 Å². The highest BCUT2D eigenvalue weighted by Gasteiger charge is 2.48. The molecule has 0 aliphatic heterocycles. The summed E-state index contributed by atoms with van der Waals surface area (Å²) in [5, 5.41) is 2.69. The predicted molar refractivity (Wildman–Crippen MR) is 330 cm³/mol. The monoisotopic (exact) mass is 1010 g/mol. The first-order chi connectivity index (χ1) is 39.2. The maximum Gasteiger partial charge on any atom is 0.0714 e. The molecule has 0 atom stereocenters. The van der Waals surface area contributed by atoms with Crippen LogP contribution in [0.1, 0.15) is 88.1 Å². The Morgan fingerprint density at radius 3 is 1.29 bits per heavy atom. The molecule has 1 nitrogen and oxygen atoms in total. The van der Waals surface area contributed by atoms with Crippen molar-refractivity contribution in [3.05, 3.63) is 341 Å². The van der Waals surface area contributed by atoms with E-state index in [0.29, 0.717) is 5.92 Å². The van der Waals surface area contributed by atoms with Crippen LogP contribution in [0.25, 0.3) is 55.3 Å². The van der Waals surface area contributed by atoms with Gasteiger partial charge in [-0.05, 0) is 155 Å². The number of rotatable bonds is 10. The summed E-state index contributed by atoms with van der Waals surface area (Å²) >= 11 is 0. The third-order valence-corrected chi connectivity index (χ3v) is 18.0. The minimum atomic E-state index is -0.550. The first kappa shape index (κ1) is 47.0. The van der Waals surface area contributed by atoms with Crippen LogP contribution in [0.5, 0.6) is 0 Å². The van der Waals surface area contributed by atoms with Crippen LogP contribution in [0.4, 0.5) is 17.1 Å². The van der Waals surface area contributed by atoms with Gasteiger partial charge in [-0.3, -0.25) is 0 Å². The number of benzene rings is 12. The summed E-state index contributed by atoms with van der Waals surface area (Å²) in [5.74, 6) is 0.552. The molecule has 0 bridgehead atoms. The van der Waals surface area contributed by atoms with Gasteiger partial charge in [-0.1, -0.05) is 274 Å². The minimum Gasteiger partial charge on any atom is -0.310 e. The molecule has 15 rings (SSSR count). The summed E-state index contributed by atoms with van der Waals surface area (Å²) in [4.78, 5) is 2.54. The van der Waals surface area contributed by atoms with Crippen molar-refractivity contribution in [1.82, 2.24) is 0 Å². The molecule has 0 radical (unpaired) electrons. The molecular formula is C78H59N. The molecular weight excluding hydrogens is 951 g/mol. The second-order valence-electron chi connectivity index (χ2n) is 22.0. The van der Waals surface area contributed by atoms with E-state index in [-0.39, 0.29) is 0 Å². The van der Waals surface area contributed by atoms with Gasteiger partial charge < -0.3 is 4.90 Å². The Balaban J connectivity index is 0.939. The van der Waals surface area contributed by atoms with Crippen molar-refractivity contribution in [1.29, 1.82) is 0 Å². The van der Waals surface area contributed by atoms with Gasteiger partial charge in [0.05, 0.1) is 16.5 Å². The van der Waals surface area contributed by atoms with E-state index in [1.807, 2.05) is 0 Å². The van der Waals surface area contributed by atoms with Crippen LogP contribution in [0.3, 0.4) is 0 Å². The standard InChI is InChI=1S/C78H59N/c1-6-24-55(25-7-1)64-39-22-26-56-27-23-40-70(76(56)64)69-38-18-21-43-75(69)79(63-49-51-68-66-37-17-20-42-72(66)78(74(68)53-63,60-32-12-4-13-33-60)61-34-14-5-15-35-61)62-47-44-54(45-48-62)57-46-50-67-65-36-16-19-41-71(65)77(73(67)52-57,58-28-8-2-9-29-58)59-30-10-3-11-31-59/h2-5,8-23,26-53,55H,1,6-7,24-25H2. The summed E-state index contributed by atoms with van der Waals surface area (Å²) in [5.41, 5.74) is 24.1. The number of nitrogens with zero attached hydrogens (tertiary/aromatic N) is 1. The molecule has 3 aliphatic carbocycles. The van der Waals surface area contributed by atoms with Crippen molar-refractivity contribution >= 4 is 27.8 Å². The molecule has 12 aromatic rings. The maximum absolute atomic E-state index is 2.54. The normalized spacial score (nSPS) is 14.7. The largest absolute Gasteiger partial charge is 0.310 e. The molecule has 0 saturated heterocycles. The first-order valence-corrected chi connectivity index (χ1v) is 28.4. The Bertz CT molecular complexity index is 4130. The van der Waals surface area contributed by atoms with Crippen molar-refractivity contribution in [3.8, 4) is 44.5 Å². The molecule has 3 aliphatic rings. The lowest BCUT2D eigenvalue weighted by molar-refractivity contribution is 0.445. The van der Waals surface area contributed by atoms with Crippen molar-refractivity contribution in [3.63, 3.8) is 0 Å². The lowest BCUT2D eigenvalue weighted by atomic mass is 9.67. The van der Waals surface area contributed by atoms with Crippen LogP contribution in [0.15, 0.2) is 291 Å².